The smallest absolute Gasteiger partial charge is 0.398 e. The Kier molecular flexibility index (Phi) is 5.67. The van der Waals surface area contributed by atoms with Gasteiger partial charge in [0.1, 0.15) is 3.61 Å². The summed E-state index contributed by atoms with van der Waals surface area (Å²) in [4.78, 5) is 0. The molecule has 3 aromatic rings. The number of allylic oxidation sites excluding steroid dienone is 5. The second-order valence-corrected chi connectivity index (χ2v) is 12.3. The molecule has 4 heteroatoms. The van der Waals surface area contributed by atoms with Crippen LogP contribution in [0.1, 0.15) is 48.9 Å². The van der Waals surface area contributed by atoms with Crippen LogP contribution in [0, 0.1) is 5.92 Å². The minimum absolute atomic E-state index is 0.284. The fraction of sp³-hybridized carbons (Fsp3) is 0.226. The van der Waals surface area contributed by atoms with Crippen LogP contribution in [0.15, 0.2) is 109 Å². The van der Waals surface area contributed by atoms with Gasteiger partial charge in [-0.25, -0.2) is 0 Å². The molecule has 0 aromatic heterocycles. The van der Waals surface area contributed by atoms with E-state index in [1.807, 2.05) is 0 Å². The van der Waals surface area contributed by atoms with E-state index in [1.165, 1.54) is 33.4 Å². The molecule has 1 saturated heterocycles. The summed E-state index contributed by atoms with van der Waals surface area (Å²) in [5.74, 6) is 0.573. The highest BCUT2D eigenvalue weighted by molar-refractivity contribution is 14.1. The van der Waals surface area contributed by atoms with Gasteiger partial charge in [0.05, 0.1) is 5.60 Å². The lowest BCUT2D eigenvalue weighted by Gasteiger charge is -2.37. The molecule has 3 aliphatic rings. The lowest BCUT2D eigenvalue weighted by Crippen LogP contribution is -2.38. The van der Waals surface area contributed by atoms with Crippen molar-refractivity contribution >= 4 is 40.7 Å². The van der Waals surface area contributed by atoms with E-state index in [2.05, 4.69) is 147 Å². The Labute approximate surface area is 222 Å². The van der Waals surface area contributed by atoms with Crippen molar-refractivity contribution in [3.8, 4) is 0 Å². The monoisotopic (exact) mass is 570 g/mol. The Morgan fingerprint density at radius 3 is 2.37 bits per heavy atom. The van der Waals surface area contributed by atoms with Crippen molar-refractivity contribution in [2.45, 2.75) is 35.9 Å². The van der Waals surface area contributed by atoms with E-state index in [1.54, 1.807) is 0 Å². The van der Waals surface area contributed by atoms with E-state index in [0.717, 1.165) is 5.46 Å². The summed E-state index contributed by atoms with van der Waals surface area (Å²) < 4.78 is 12.3. The second-order valence-electron chi connectivity index (χ2n) is 10.2. The third-order valence-electron chi connectivity index (χ3n) is 7.69. The highest BCUT2D eigenvalue weighted by atomic mass is 127. The summed E-state index contributed by atoms with van der Waals surface area (Å²) in [6, 6.07) is 28.5. The van der Waals surface area contributed by atoms with Gasteiger partial charge in [0.15, 0.2) is 0 Å². The maximum Gasteiger partial charge on any atom is 0.495 e. The highest BCUT2D eigenvalue weighted by Crippen LogP contribution is 2.50. The Morgan fingerprint density at radius 2 is 1.60 bits per heavy atom. The van der Waals surface area contributed by atoms with Gasteiger partial charge in [-0.05, 0) is 82.2 Å². The molecule has 0 bridgehead atoms. The highest BCUT2D eigenvalue weighted by Gasteiger charge is 2.53. The zero-order valence-electron chi connectivity index (χ0n) is 20.2. The third kappa shape index (κ3) is 3.87. The van der Waals surface area contributed by atoms with Crippen LogP contribution in [0.4, 0.5) is 0 Å². The zero-order valence-corrected chi connectivity index (χ0v) is 22.4. The summed E-state index contributed by atoms with van der Waals surface area (Å²) >= 11 is 2.36. The van der Waals surface area contributed by atoms with Crippen molar-refractivity contribution in [1.82, 2.24) is 0 Å². The lowest BCUT2D eigenvalue weighted by molar-refractivity contribution is 0.0726. The minimum Gasteiger partial charge on any atom is -0.398 e. The molecule has 3 unspecified atom stereocenters. The average molecular weight is 570 g/mol. The van der Waals surface area contributed by atoms with Crippen LogP contribution in [-0.2, 0) is 9.31 Å². The fourth-order valence-electron chi connectivity index (χ4n) is 5.53. The molecule has 3 atom stereocenters. The van der Waals surface area contributed by atoms with Gasteiger partial charge in [-0.3, -0.25) is 0 Å². The van der Waals surface area contributed by atoms with E-state index in [4.69, 9.17) is 9.31 Å². The predicted octanol–water partition coefficient (Wildman–Crippen LogP) is 7.05. The van der Waals surface area contributed by atoms with Crippen LogP contribution in [0.2, 0.25) is 0 Å². The van der Waals surface area contributed by atoms with Gasteiger partial charge >= 0.3 is 7.12 Å². The first kappa shape index (κ1) is 23.0. The SMILES string of the molecule is CC1(C)OB(c2cccc(C3=C4C=CC=CC4C(c4ccccc4)c4ccccc43)c2)OC1(C)I. The molecule has 0 N–H and O–H groups in total. The number of fused-ring (bicyclic) bond motifs is 2. The van der Waals surface area contributed by atoms with E-state index in [0.29, 0.717) is 0 Å². The van der Waals surface area contributed by atoms with Crippen molar-refractivity contribution in [2.75, 3.05) is 0 Å². The van der Waals surface area contributed by atoms with Gasteiger partial charge in [0.2, 0.25) is 0 Å². The Balaban J connectivity index is 1.50. The lowest BCUT2D eigenvalue weighted by atomic mass is 9.66. The number of halogens is 1. The molecule has 1 fully saturated rings. The molecular formula is C31H28BIO2. The minimum atomic E-state index is -0.393. The Bertz CT molecular complexity index is 1350. The molecule has 0 spiro atoms. The summed E-state index contributed by atoms with van der Waals surface area (Å²) in [5.41, 5.74) is 8.58. The summed E-state index contributed by atoms with van der Waals surface area (Å²) in [6.07, 6.45) is 9.01. The molecule has 6 rings (SSSR count). The van der Waals surface area contributed by atoms with Crippen LogP contribution in [-0.4, -0.2) is 16.3 Å². The van der Waals surface area contributed by atoms with Crippen LogP contribution in [0.5, 0.6) is 0 Å². The Hall–Kier alpha value is -2.41. The molecule has 1 aliphatic heterocycles. The topological polar surface area (TPSA) is 18.5 Å². The fourth-order valence-corrected chi connectivity index (χ4v) is 5.89. The van der Waals surface area contributed by atoms with Gasteiger partial charge in [-0.2, -0.15) is 0 Å². The number of hydrogen-bond donors (Lipinski definition) is 0. The van der Waals surface area contributed by atoms with E-state index < -0.39 is 3.61 Å². The first-order chi connectivity index (χ1) is 16.9. The molecule has 2 nitrogen and oxygen atoms in total. The van der Waals surface area contributed by atoms with Crippen molar-refractivity contribution in [1.29, 1.82) is 0 Å². The molecule has 2 aliphatic carbocycles. The van der Waals surface area contributed by atoms with Crippen molar-refractivity contribution in [2.24, 2.45) is 5.92 Å². The molecule has 1 heterocycles. The molecule has 0 saturated carbocycles. The average Bonchev–Trinajstić information content (AvgIpc) is 3.09. The quantitative estimate of drug-likeness (QED) is 0.191. The molecule has 0 radical (unpaired) electrons. The van der Waals surface area contributed by atoms with Crippen LogP contribution < -0.4 is 5.46 Å². The summed E-state index contributed by atoms with van der Waals surface area (Å²) in [5, 5.41) is 0. The summed E-state index contributed by atoms with van der Waals surface area (Å²) in [6.45, 7) is 6.28. The third-order valence-corrected chi connectivity index (χ3v) is 9.24. The number of benzene rings is 3. The maximum absolute atomic E-state index is 6.37. The van der Waals surface area contributed by atoms with Gasteiger partial charge in [-0.1, -0.05) is 103 Å². The Morgan fingerprint density at radius 1 is 0.829 bits per heavy atom. The number of hydrogen-bond acceptors (Lipinski definition) is 2. The van der Waals surface area contributed by atoms with Crippen LogP contribution >= 0.6 is 22.6 Å². The van der Waals surface area contributed by atoms with Crippen molar-refractivity contribution in [3.05, 3.63) is 131 Å². The molecule has 3 aromatic carbocycles. The summed E-state index contributed by atoms with van der Waals surface area (Å²) in [7, 11) is -0.383. The molecule has 174 valence electrons. The zero-order chi connectivity index (χ0) is 24.2. The normalized spacial score (nSPS) is 26.6. The number of alkyl halides is 1. The van der Waals surface area contributed by atoms with E-state index in [-0.39, 0.29) is 24.6 Å². The second kappa shape index (κ2) is 8.61. The van der Waals surface area contributed by atoms with Crippen molar-refractivity contribution < 1.29 is 9.31 Å². The van der Waals surface area contributed by atoms with Crippen LogP contribution in [0.3, 0.4) is 0 Å². The van der Waals surface area contributed by atoms with E-state index >= 15 is 0 Å². The molecule has 0 amide bonds. The van der Waals surface area contributed by atoms with Gasteiger partial charge in [0, 0.05) is 11.8 Å². The van der Waals surface area contributed by atoms with Gasteiger partial charge in [-0.15, -0.1) is 0 Å². The maximum atomic E-state index is 6.37. The first-order valence-corrected chi connectivity index (χ1v) is 13.3. The standard InChI is InChI=1S/C31H28BIO2/c1-30(2)31(3,33)35-32(34-30)23-15-11-14-22(20-23)29-26-18-9-7-16-24(26)28(21-12-5-4-6-13-21)25-17-8-10-19-27(25)29/h4-20,24,28H,1-3H3. The van der Waals surface area contributed by atoms with Gasteiger partial charge < -0.3 is 9.31 Å². The van der Waals surface area contributed by atoms with Crippen LogP contribution in [0.25, 0.3) is 5.57 Å². The molecule has 35 heavy (non-hydrogen) atoms. The predicted molar refractivity (Wildman–Crippen MR) is 153 cm³/mol. The van der Waals surface area contributed by atoms with Crippen molar-refractivity contribution in [3.63, 3.8) is 0 Å². The largest absolute Gasteiger partial charge is 0.495 e. The first-order valence-electron chi connectivity index (χ1n) is 12.2. The molecular weight excluding hydrogens is 542 g/mol. The number of rotatable bonds is 3. The van der Waals surface area contributed by atoms with E-state index in [9.17, 15) is 0 Å². The van der Waals surface area contributed by atoms with Gasteiger partial charge in [0.25, 0.3) is 0 Å².